The van der Waals surface area contributed by atoms with E-state index >= 15 is 0 Å². The molecule has 1 aliphatic rings. The highest BCUT2D eigenvalue weighted by Crippen LogP contribution is 2.18. The third-order valence-corrected chi connectivity index (χ3v) is 4.07. The lowest BCUT2D eigenvalue weighted by molar-refractivity contribution is -0.141. The summed E-state index contributed by atoms with van der Waals surface area (Å²) in [5.74, 6) is 0.104. The normalized spacial score (nSPS) is 22.0. The molecule has 0 aromatic rings. The van der Waals surface area contributed by atoms with Gasteiger partial charge < -0.3 is 20.4 Å². The van der Waals surface area contributed by atoms with Crippen LogP contribution in [0.1, 0.15) is 32.1 Å². The summed E-state index contributed by atoms with van der Waals surface area (Å²) in [6.07, 6.45) is 5.75. The first-order valence-electron chi connectivity index (χ1n) is 7.00. The van der Waals surface area contributed by atoms with E-state index in [0.717, 1.165) is 25.0 Å². The Hall–Kier alpha value is -0.950. The van der Waals surface area contributed by atoms with E-state index in [1.54, 1.807) is 0 Å². The number of aliphatic hydroxyl groups is 1. The maximum absolute atomic E-state index is 11.9. The molecular weight excluding hydrogens is 280 g/mol. The van der Waals surface area contributed by atoms with Crippen LogP contribution < -0.4 is 5.32 Å². The van der Waals surface area contributed by atoms with Crippen molar-refractivity contribution >= 4 is 23.8 Å². The number of amides is 2. The van der Waals surface area contributed by atoms with Gasteiger partial charge in [-0.1, -0.05) is 12.8 Å². The van der Waals surface area contributed by atoms with Crippen molar-refractivity contribution in [3.05, 3.63) is 0 Å². The van der Waals surface area contributed by atoms with E-state index in [-0.39, 0.29) is 13.0 Å². The zero-order valence-electron chi connectivity index (χ0n) is 11.9. The van der Waals surface area contributed by atoms with Gasteiger partial charge in [-0.3, -0.25) is 0 Å². The number of rotatable bonds is 8. The van der Waals surface area contributed by atoms with E-state index in [9.17, 15) is 14.7 Å². The standard InChI is InChI=1S/C13H24N2O4S/c1-20-7-5-3-2-4-6-14-13(19)15-9-10(16)8-11(15)12(17)18/h10-11,16H,2-9H2,1H3,(H,14,19)(H,17,18)/t10?,11-/m0/s1. The van der Waals surface area contributed by atoms with Crippen molar-refractivity contribution in [2.75, 3.05) is 25.1 Å². The second kappa shape index (κ2) is 9.07. The van der Waals surface area contributed by atoms with Crippen molar-refractivity contribution in [2.45, 2.75) is 44.2 Å². The summed E-state index contributed by atoms with van der Waals surface area (Å²) in [6.45, 7) is 0.646. The zero-order valence-corrected chi connectivity index (χ0v) is 12.7. The number of nitrogens with zero attached hydrogens (tertiary/aromatic N) is 1. The van der Waals surface area contributed by atoms with Crippen molar-refractivity contribution in [2.24, 2.45) is 0 Å². The summed E-state index contributed by atoms with van der Waals surface area (Å²) in [7, 11) is 0. The summed E-state index contributed by atoms with van der Waals surface area (Å²) in [5.41, 5.74) is 0. The minimum atomic E-state index is -1.06. The fourth-order valence-electron chi connectivity index (χ4n) is 2.29. The minimum absolute atomic E-state index is 0.0938. The Kier molecular flexibility index (Phi) is 7.76. The quantitative estimate of drug-likeness (QED) is 0.585. The lowest BCUT2D eigenvalue weighted by Crippen LogP contribution is -2.46. The fraction of sp³-hybridized carbons (Fsp3) is 0.846. The van der Waals surface area contributed by atoms with Crippen molar-refractivity contribution in [3.63, 3.8) is 0 Å². The average Bonchev–Trinajstić information content (AvgIpc) is 2.80. The molecule has 20 heavy (non-hydrogen) atoms. The summed E-state index contributed by atoms with van der Waals surface area (Å²) in [5, 5.41) is 21.2. The van der Waals surface area contributed by atoms with Gasteiger partial charge in [0, 0.05) is 19.5 Å². The van der Waals surface area contributed by atoms with Crippen molar-refractivity contribution in [1.82, 2.24) is 10.2 Å². The van der Waals surface area contributed by atoms with Gasteiger partial charge in [0.2, 0.25) is 0 Å². The molecule has 2 amide bonds. The topological polar surface area (TPSA) is 89.9 Å². The van der Waals surface area contributed by atoms with Crippen molar-refractivity contribution in [1.29, 1.82) is 0 Å². The Morgan fingerprint density at radius 3 is 2.65 bits per heavy atom. The molecule has 0 bridgehead atoms. The van der Waals surface area contributed by atoms with Gasteiger partial charge in [0.1, 0.15) is 6.04 Å². The van der Waals surface area contributed by atoms with E-state index in [1.165, 1.54) is 11.3 Å². The number of thioether (sulfide) groups is 1. The van der Waals surface area contributed by atoms with Crippen LogP contribution in [0.2, 0.25) is 0 Å². The van der Waals surface area contributed by atoms with Crippen LogP contribution in [0.4, 0.5) is 4.79 Å². The number of carboxylic acid groups (broad SMARTS) is 1. The van der Waals surface area contributed by atoms with E-state index in [1.807, 2.05) is 11.8 Å². The van der Waals surface area contributed by atoms with Gasteiger partial charge in [0.05, 0.1) is 6.10 Å². The average molecular weight is 304 g/mol. The lowest BCUT2D eigenvalue weighted by Gasteiger charge is -2.21. The number of urea groups is 1. The maximum atomic E-state index is 11.9. The van der Waals surface area contributed by atoms with Gasteiger partial charge in [0.15, 0.2) is 0 Å². The largest absolute Gasteiger partial charge is 0.480 e. The van der Waals surface area contributed by atoms with E-state index in [4.69, 9.17) is 5.11 Å². The number of carbonyl (C=O) groups is 2. The van der Waals surface area contributed by atoms with Crippen LogP contribution in [0.15, 0.2) is 0 Å². The number of hydrogen-bond donors (Lipinski definition) is 3. The first-order valence-corrected chi connectivity index (χ1v) is 8.40. The van der Waals surface area contributed by atoms with Gasteiger partial charge in [-0.2, -0.15) is 11.8 Å². The third-order valence-electron chi connectivity index (χ3n) is 3.38. The number of hydrogen-bond acceptors (Lipinski definition) is 4. The monoisotopic (exact) mass is 304 g/mol. The molecule has 0 spiro atoms. The van der Waals surface area contributed by atoms with Gasteiger partial charge in [-0.05, 0) is 24.9 Å². The molecule has 0 aromatic heterocycles. The molecule has 2 atom stereocenters. The Labute approximate surface area is 123 Å². The second-order valence-corrected chi connectivity index (χ2v) is 6.02. The van der Waals surface area contributed by atoms with Gasteiger partial charge in [-0.15, -0.1) is 0 Å². The first-order chi connectivity index (χ1) is 9.56. The number of nitrogens with one attached hydrogen (secondary N) is 1. The molecule has 0 aliphatic carbocycles. The molecule has 1 saturated heterocycles. The second-order valence-electron chi connectivity index (χ2n) is 5.03. The third kappa shape index (κ3) is 5.58. The molecule has 1 heterocycles. The van der Waals surface area contributed by atoms with E-state index in [0.29, 0.717) is 6.54 Å². The van der Waals surface area contributed by atoms with Crippen LogP contribution >= 0.6 is 11.8 Å². The van der Waals surface area contributed by atoms with Crippen LogP contribution in [0.5, 0.6) is 0 Å². The summed E-state index contributed by atoms with van der Waals surface area (Å²) < 4.78 is 0. The van der Waals surface area contributed by atoms with Crippen LogP contribution in [0, 0.1) is 0 Å². The summed E-state index contributed by atoms with van der Waals surface area (Å²) in [4.78, 5) is 24.1. The molecule has 0 saturated carbocycles. The predicted molar refractivity (Wildman–Crippen MR) is 79.0 cm³/mol. The molecule has 0 aromatic carbocycles. The highest BCUT2D eigenvalue weighted by Gasteiger charge is 2.38. The number of unbranched alkanes of at least 4 members (excludes halogenated alkanes) is 3. The van der Waals surface area contributed by atoms with Gasteiger partial charge >= 0.3 is 12.0 Å². The maximum Gasteiger partial charge on any atom is 0.326 e. The van der Waals surface area contributed by atoms with Crippen LogP contribution in [0.3, 0.4) is 0 Å². The Balaban J connectivity index is 2.20. The molecule has 1 aliphatic heterocycles. The zero-order chi connectivity index (χ0) is 15.0. The van der Waals surface area contributed by atoms with E-state index < -0.39 is 24.1 Å². The molecule has 3 N–H and O–H groups in total. The molecule has 1 fully saturated rings. The van der Waals surface area contributed by atoms with Gasteiger partial charge in [0.25, 0.3) is 0 Å². The molecule has 6 nitrogen and oxygen atoms in total. The Morgan fingerprint density at radius 1 is 1.30 bits per heavy atom. The molecule has 7 heteroatoms. The van der Waals surface area contributed by atoms with Crippen LogP contribution in [0.25, 0.3) is 0 Å². The number of β-amino-alcohol motifs (C(OH)–C–C–N with tert-alkyl or cyclic N) is 1. The summed E-state index contributed by atoms with van der Waals surface area (Å²) >= 11 is 1.83. The number of carbonyl (C=O) groups excluding carboxylic acids is 1. The molecule has 116 valence electrons. The first kappa shape index (κ1) is 17.1. The molecular formula is C13H24N2O4S. The van der Waals surface area contributed by atoms with Crippen molar-refractivity contribution < 1.29 is 19.8 Å². The number of aliphatic carboxylic acids is 1. The number of carboxylic acids is 1. The number of likely N-dealkylation sites (tertiary alicyclic amines) is 1. The van der Waals surface area contributed by atoms with E-state index in [2.05, 4.69) is 11.6 Å². The number of aliphatic hydroxyl groups excluding tert-OH is 1. The van der Waals surface area contributed by atoms with Crippen LogP contribution in [-0.2, 0) is 4.79 Å². The summed E-state index contributed by atoms with van der Waals surface area (Å²) in [6, 6.07) is -1.30. The fourth-order valence-corrected chi connectivity index (χ4v) is 2.79. The molecule has 1 rings (SSSR count). The smallest absolute Gasteiger partial charge is 0.326 e. The van der Waals surface area contributed by atoms with Crippen molar-refractivity contribution in [3.8, 4) is 0 Å². The lowest BCUT2D eigenvalue weighted by atomic mass is 10.2. The van der Waals surface area contributed by atoms with Gasteiger partial charge in [-0.25, -0.2) is 9.59 Å². The molecule has 0 radical (unpaired) electrons. The predicted octanol–water partition coefficient (Wildman–Crippen LogP) is 1.14. The Bertz CT molecular complexity index is 327. The highest BCUT2D eigenvalue weighted by molar-refractivity contribution is 7.98. The minimum Gasteiger partial charge on any atom is -0.480 e. The highest BCUT2D eigenvalue weighted by atomic mass is 32.2. The Morgan fingerprint density at radius 2 is 2.00 bits per heavy atom. The SMILES string of the molecule is CSCCCCCCNC(=O)N1CC(O)C[C@H]1C(=O)O. The molecule has 1 unspecified atom stereocenters. The van der Waals surface area contributed by atoms with Crippen LogP contribution in [-0.4, -0.2) is 64.4 Å².